The fraction of sp³-hybridized carbons (Fsp3) is 0.300. The molecule has 0 heterocycles. The van der Waals surface area contributed by atoms with Crippen LogP contribution in [0.1, 0.15) is 42.3 Å². The number of carbonyl (C=O) groups is 1. The lowest BCUT2D eigenvalue weighted by Gasteiger charge is -2.16. The van der Waals surface area contributed by atoms with Crippen molar-refractivity contribution in [3.05, 3.63) is 57.6 Å². The zero-order valence-corrected chi connectivity index (χ0v) is 17.8. The number of ether oxygens (including phenoxy) is 1. The number of halogens is 1. The maximum atomic E-state index is 12.5. The number of anilines is 1. The Kier molecular flexibility index (Phi) is 7.17. The lowest BCUT2D eigenvalue weighted by atomic mass is 10.1. The molecule has 1 amide bonds. The van der Waals surface area contributed by atoms with Crippen molar-refractivity contribution in [1.82, 2.24) is 5.32 Å². The van der Waals surface area contributed by atoms with Gasteiger partial charge in [-0.3, -0.25) is 10.1 Å². The van der Waals surface area contributed by atoms with E-state index in [1.54, 1.807) is 18.2 Å². The van der Waals surface area contributed by atoms with Crippen LogP contribution < -0.4 is 15.4 Å². The van der Waals surface area contributed by atoms with Gasteiger partial charge in [-0.2, -0.15) is 0 Å². The van der Waals surface area contributed by atoms with Gasteiger partial charge in [-0.05, 0) is 84.7 Å². The first-order chi connectivity index (χ1) is 12.3. The molecule has 0 aliphatic heterocycles. The smallest absolute Gasteiger partial charge is 0.257 e. The Morgan fingerprint density at radius 3 is 2.62 bits per heavy atom. The van der Waals surface area contributed by atoms with E-state index in [4.69, 9.17) is 17.0 Å². The van der Waals surface area contributed by atoms with Crippen molar-refractivity contribution in [2.45, 2.75) is 40.2 Å². The number of amides is 1. The normalized spacial score (nSPS) is 10.5. The molecule has 2 N–H and O–H groups in total. The number of aryl methyl sites for hydroxylation is 2. The molecule has 138 valence electrons. The maximum absolute atomic E-state index is 12.5. The quantitative estimate of drug-likeness (QED) is 0.632. The van der Waals surface area contributed by atoms with E-state index in [1.807, 2.05) is 39.0 Å². The zero-order valence-electron chi connectivity index (χ0n) is 15.4. The molecule has 0 spiro atoms. The summed E-state index contributed by atoms with van der Waals surface area (Å²) in [6.45, 7) is 8.00. The first-order valence-corrected chi connectivity index (χ1v) is 9.69. The third-order valence-electron chi connectivity index (χ3n) is 3.76. The molecule has 4 nitrogen and oxygen atoms in total. The van der Waals surface area contributed by atoms with Crippen molar-refractivity contribution in [3.8, 4) is 5.75 Å². The number of carbonyl (C=O) groups excluding carboxylic acids is 1. The second kappa shape index (κ2) is 9.14. The molecule has 2 aromatic rings. The van der Waals surface area contributed by atoms with Gasteiger partial charge in [0.25, 0.3) is 5.91 Å². The monoisotopic (exact) mass is 434 g/mol. The summed E-state index contributed by atoms with van der Waals surface area (Å²) in [6.07, 6.45) is 0.940. The lowest BCUT2D eigenvalue weighted by molar-refractivity contribution is 0.0977. The number of rotatable bonds is 5. The Labute approximate surface area is 168 Å². The highest BCUT2D eigenvalue weighted by atomic mass is 79.9. The van der Waals surface area contributed by atoms with Gasteiger partial charge in [-0.15, -0.1) is 0 Å². The van der Waals surface area contributed by atoms with Gasteiger partial charge in [0.15, 0.2) is 5.11 Å². The number of thiocarbonyl (C=S) groups is 1. The number of benzene rings is 2. The van der Waals surface area contributed by atoms with Gasteiger partial charge in [0.05, 0.1) is 10.6 Å². The molecule has 0 atom stereocenters. The van der Waals surface area contributed by atoms with Gasteiger partial charge in [0.1, 0.15) is 5.75 Å². The fourth-order valence-electron chi connectivity index (χ4n) is 2.51. The van der Waals surface area contributed by atoms with E-state index in [0.29, 0.717) is 11.3 Å². The molecular weight excluding hydrogens is 412 g/mol. The Balaban J connectivity index is 2.08. The number of hydrogen-bond acceptors (Lipinski definition) is 3. The highest BCUT2D eigenvalue weighted by Crippen LogP contribution is 2.27. The number of hydrogen-bond donors (Lipinski definition) is 2. The zero-order chi connectivity index (χ0) is 19.3. The predicted molar refractivity (Wildman–Crippen MR) is 114 cm³/mol. The van der Waals surface area contributed by atoms with Crippen molar-refractivity contribution >= 4 is 44.9 Å². The van der Waals surface area contributed by atoms with Crippen LogP contribution in [0, 0.1) is 6.92 Å². The lowest BCUT2D eigenvalue weighted by Crippen LogP contribution is -2.34. The van der Waals surface area contributed by atoms with E-state index in [1.165, 1.54) is 0 Å². The molecule has 0 aromatic heterocycles. The van der Waals surface area contributed by atoms with Crippen LogP contribution in [0.3, 0.4) is 0 Å². The summed E-state index contributed by atoms with van der Waals surface area (Å²) in [5.41, 5.74) is 3.68. The summed E-state index contributed by atoms with van der Waals surface area (Å²) in [5.74, 6) is 0.427. The minimum Gasteiger partial charge on any atom is -0.490 e. The Bertz CT molecular complexity index is 821. The van der Waals surface area contributed by atoms with Crippen molar-refractivity contribution < 1.29 is 9.53 Å². The second-order valence-corrected chi connectivity index (χ2v) is 7.45. The van der Waals surface area contributed by atoms with Crippen LogP contribution in [-0.4, -0.2) is 17.1 Å². The van der Waals surface area contributed by atoms with Crippen LogP contribution in [0.5, 0.6) is 5.75 Å². The number of para-hydroxylation sites is 1. The summed E-state index contributed by atoms with van der Waals surface area (Å²) >= 11 is 8.75. The molecule has 0 aliphatic carbocycles. The Morgan fingerprint density at radius 2 is 2.00 bits per heavy atom. The van der Waals surface area contributed by atoms with E-state index >= 15 is 0 Å². The van der Waals surface area contributed by atoms with Crippen molar-refractivity contribution in [2.75, 3.05) is 5.32 Å². The molecule has 6 heteroatoms. The molecule has 0 aliphatic rings. The van der Waals surface area contributed by atoms with E-state index in [-0.39, 0.29) is 17.1 Å². The van der Waals surface area contributed by atoms with Crippen LogP contribution in [0.4, 0.5) is 5.69 Å². The highest BCUT2D eigenvalue weighted by Gasteiger charge is 2.13. The van der Waals surface area contributed by atoms with Crippen LogP contribution in [0.25, 0.3) is 0 Å². The molecule has 0 bridgehead atoms. The number of nitrogens with one attached hydrogen (secondary N) is 2. The molecular formula is C20H23BrN2O2S. The molecule has 2 rings (SSSR count). The summed E-state index contributed by atoms with van der Waals surface area (Å²) < 4.78 is 6.39. The van der Waals surface area contributed by atoms with Gasteiger partial charge in [0, 0.05) is 11.3 Å². The van der Waals surface area contributed by atoms with Gasteiger partial charge in [0.2, 0.25) is 0 Å². The van der Waals surface area contributed by atoms with Crippen LogP contribution >= 0.6 is 28.1 Å². The van der Waals surface area contributed by atoms with Crippen LogP contribution in [0.2, 0.25) is 0 Å². The largest absolute Gasteiger partial charge is 0.490 e. The minimum atomic E-state index is -0.272. The minimum absolute atomic E-state index is 0.0598. The highest BCUT2D eigenvalue weighted by molar-refractivity contribution is 9.10. The molecule has 2 aromatic carbocycles. The van der Waals surface area contributed by atoms with Crippen molar-refractivity contribution in [2.24, 2.45) is 0 Å². The van der Waals surface area contributed by atoms with E-state index in [9.17, 15) is 4.79 Å². The Hall–Kier alpha value is -1.92. The predicted octanol–water partition coefficient (Wildman–Crippen LogP) is 5.23. The van der Waals surface area contributed by atoms with Gasteiger partial charge in [-0.25, -0.2) is 0 Å². The topological polar surface area (TPSA) is 50.4 Å². The van der Waals surface area contributed by atoms with E-state index < -0.39 is 0 Å². The standard InChI is InChI=1S/C20H23BrN2O2S/c1-5-14-8-6-7-13(4)18(14)22-20(26)23-19(24)15-9-10-17(16(21)11-15)25-12(2)3/h6-12H,5H2,1-4H3,(H2,22,23,24,26). The average Bonchev–Trinajstić information content (AvgIpc) is 2.58. The summed E-state index contributed by atoms with van der Waals surface area (Å²) in [6, 6.07) is 11.3. The van der Waals surface area contributed by atoms with Crippen molar-refractivity contribution in [1.29, 1.82) is 0 Å². The molecule has 0 saturated heterocycles. The summed E-state index contributed by atoms with van der Waals surface area (Å²) in [5, 5.41) is 6.15. The van der Waals surface area contributed by atoms with Crippen molar-refractivity contribution in [3.63, 3.8) is 0 Å². The fourth-order valence-corrected chi connectivity index (χ4v) is 3.18. The maximum Gasteiger partial charge on any atom is 0.257 e. The Morgan fingerprint density at radius 1 is 1.27 bits per heavy atom. The third-order valence-corrected chi connectivity index (χ3v) is 4.59. The molecule has 0 radical (unpaired) electrons. The summed E-state index contributed by atoms with van der Waals surface area (Å²) in [4.78, 5) is 12.5. The van der Waals surface area contributed by atoms with Gasteiger partial charge < -0.3 is 10.1 Å². The molecule has 0 unspecified atom stereocenters. The van der Waals surface area contributed by atoms with E-state index in [2.05, 4.69) is 33.5 Å². The SMILES string of the molecule is CCc1cccc(C)c1NC(=S)NC(=O)c1ccc(OC(C)C)c(Br)c1. The van der Waals surface area contributed by atoms with Gasteiger partial charge in [-0.1, -0.05) is 25.1 Å². The second-order valence-electron chi connectivity index (χ2n) is 6.18. The molecule has 26 heavy (non-hydrogen) atoms. The first-order valence-electron chi connectivity index (χ1n) is 8.48. The van der Waals surface area contributed by atoms with Crippen LogP contribution in [-0.2, 0) is 6.42 Å². The first kappa shape index (κ1) is 20.4. The summed E-state index contributed by atoms with van der Waals surface area (Å²) in [7, 11) is 0. The average molecular weight is 435 g/mol. The van der Waals surface area contributed by atoms with E-state index in [0.717, 1.165) is 27.7 Å². The van der Waals surface area contributed by atoms with Crippen LogP contribution in [0.15, 0.2) is 40.9 Å². The van der Waals surface area contributed by atoms with Gasteiger partial charge >= 0.3 is 0 Å². The third kappa shape index (κ3) is 5.29. The molecule has 0 fully saturated rings. The molecule has 0 saturated carbocycles.